The number of anilines is 1. The number of nitrogens with one attached hydrogen (secondary N) is 1. The number of hydrogen-bond donors (Lipinski definition) is 1. The van der Waals surface area contributed by atoms with Crippen molar-refractivity contribution < 1.29 is 0 Å². The molecule has 1 aliphatic rings. The third-order valence-corrected chi connectivity index (χ3v) is 4.45. The highest BCUT2D eigenvalue weighted by molar-refractivity contribution is 5.50. The van der Waals surface area contributed by atoms with Crippen molar-refractivity contribution in [2.45, 2.75) is 52.1 Å². The van der Waals surface area contributed by atoms with Gasteiger partial charge in [-0.3, -0.25) is 0 Å². The van der Waals surface area contributed by atoms with Gasteiger partial charge in [0.1, 0.15) is 0 Å². The van der Waals surface area contributed by atoms with Crippen LogP contribution in [0.1, 0.15) is 51.6 Å². The van der Waals surface area contributed by atoms with Crippen LogP contribution in [0.4, 0.5) is 5.69 Å². The average Bonchev–Trinajstić information content (AvgIpc) is 2.90. The molecule has 2 rings (SSSR count). The second-order valence-electron chi connectivity index (χ2n) is 5.99. The van der Waals surface area contributed by atoms with Crippen molar-refractivity contribution in [3.05, 3.63) is 29.8 Å². The maximum atomic E-state index is 3.37. The summed E-state index contributed by atoms with van der Waals surface area (Å²) in [4.78, 5) is 2.59. The predicted molar refractivity (Wildman–Crippen MR) is 83.7 cm³/mol. The van der Waals surface area contributed by atoms with Gasteiger partial charge in [0, 0.05) is 24.3 Å². The van der Waals surface area contributed by atoms with Gasteiger partial charge in [-0.2, -0.15) is 0 Å². The van der Waals surface area contributed by atoms with Crippen molar-refractivity contribution >= 4 is 5.69 Å². The van der Waals surface area contributed by atoms with E-state index in [0.717, 1.165) is 18.4 Å². The molecule has 1 fully saturated rings. The van der Waals surface area contributed by atoms with E-state index >= 15 is 0 Å². The van der Waals surface area contributed by atoms with Crippen molar-refractivity contribution in [3.63, 3.8) is 0 Å². The lowest BCUT2D eigenvalue weighted by Crippen LogP contribution is -2.33. The Bertz CT molecular complexity index is 379. The summed E-state index contributed by atoms with van der Waals surface area (Å²) in [6.07, 6.45) is 3.81. The van der Waals surface area contributed by atoms with Crippen LogP contribution in [0.5, 0.6) is 0 Å². The van der Waals surface area contributed by atoms with E-state index in [9.17, 15) is 0 Å². The first kappa shape index (κ1) is 14.4. The van der Waals surface area contributed by atoms with Crippen LogP contribution >= 0.6 is 0 Å². The quantitative estimate of drug-likeness (QED) is 0.861. The summed E-state index contributed by atoms with van der Waals surface area (Å²) < 4.78 is 0. The third kappa shape index (κ3) is 3.11. The van der Waals surface area contributed by atoms with Crippen LogP contribution in [0.25, 0.3) is 0 Å². The van der Waals surface area contributed by atoms with E-state index in [1.807, 2.05) is 7.05 Å². The molecule has 1 N–H and O–H groups in total. The van der Waals surface area contributed by atoms with Crippen molar-refractivity contribution in [2.75, 3.05) is 18.5 Å². The van der Waals surface area contributed by atoms with Crippen LogP contribution in [0.15, 0.2) is 24.3 Å². The molecule has 0 bridgehead atoms. The van der Waals surface area contributed by atoms with Gasteiger partial charge in [-0.1, -0.05) is 32.9 Å². The molecule has 0 aliphatic carbocycles. The normalized spacial score (nSPS) is 21.1. The minimum atomic E-state index is 0.480. The van der Waals surface area contributed by atoms with Gasteiger partial charge in [0.05, 0.1) is 0 Å². The van der Waals surface area contributed by atoms with Gasteiger partial charge in [0.25, 0.3) is 0 Å². The van der Waals surface area contributed by atoms with E-state index in [2.05, 4.69) is 55.3 Å². The van der Waals surface area contributed by atoms with E-state index in [1.165, 1.54) is 30.6 Å². The standard InChI is InChI=1S/C17H28N2/c1-5-16(18-4)14-8-10-15(11-9-14)19-12-6-7-17(19)13(2)3/h8-11,13,16-18H,5-7,12H2,1-4H3. The molecule has 0 aromatic heterocycles. The van der Waals surface area contributed by atoms with Crippen LogP contribution in [0.3, 0.4) is 0 Å². The smallest absolute Gasteiger partial charge is 0.0369 e. The highest BCUT2D eigenvalue weighted by Crippen LogP contribution is 2.30. The zero-order valence-electron chi connectivity index (χ0n) is 12.8. The molecule has 0 spiro atoms. The second-order valence-corrected chi connectivity index (χ2v) is 5.99. The van der Waals surface area contributed by atoms with Crippen LogP contribution in [0, 0.1) is 5.92 Å². The van der Waals surface area contributed by atoms with Crippen LogP contribution in [0.2, 0.25) is 0 Å². The molecule has 1 aliphatic heterocycles. The molecule has 19 heavy (non-hydrogen) atoms. The fourth-order valence-electron chi connectivity index (χ4n) is 3.31. The van der Waals surface area contributed by atoms with E-state index in [4.69, 9.17) is 0 Å². The SMILES string of the molecule is CCC(NC)c1ccc(N2CCCC2C(C)C)cc1. The maximum Gasteiger partial charge on any atom is 0.0369 e. The van der Waals surface area contributed by atoms with Gasteiger partial charge < -0.3 is 10.2 Å². The molecular formula is C17H28N2. The van der Waals surface area contributed by atoms with Crippen LogP contribution in [-0.4, -0.2) is 19.6 Å². The summed E-state index contributed by atoms with van der Waals surface area (Å²) >= 11 is 0. The number of rotatable bonds is 5. The Morgan fingerprint density at radius 1 is 1.26 bits per heavy atom. The fourth-order valence-corrected chi connectivity index (χ4v) is 3.31. The summed E-state index contributed by atoms with van der Waals surface area (Å²) in [6, 6.07) is 10.4. The Kier molecular flexibility index (Phi) is 4.87. The second kappa shape index (κ2) is 6.42. The van der Waals surface area contributed by atoms with Crippen LogP contribution in [-0.2, 0) is 0 Å². The fraction of sp³-hybridized carbons (Fsp3) is 0.647. The minimum absolute atomic E-state index is 0.480. The van der Waals surface area contributed by atoms with Gasteiger partial charge in [-0.05, 0) is 49.9 Å². The molecule has 1 heterocycles. The molecule has 1 aromatic rings. The lowest BCUT2D eigenvalue weighted by atomic mass is 10.0. The average molecular weight is 260 g/mol. The topological polar surface area (TPSA) is 15.3 Å². The Morgan fingerprint density at radius 3 is 2.47 bits per heavy atom. The lowest BCUT2D eigenvalue weighted by Gasteiger charge is -2.30. The van der Waals surface area contributed by atoms with Crippen molar-refractivity contribution in [1.82, 2.24) is 5.32 Å². The number of nitrogens with zero attached hydrogens (tertiary/aromatic N) is 1. The first-order valence-corrected chi connectivity index (χ1v) is 7.71. The molecule has 2 nitrogen and oxygen atoms in total. The molecule has 0 amide bonds. The van der Waals surface area contributed by atoms with Crippen molar-refractivity contribution in [1.29, 1.82) is 0 Å². The monoisotopic (exact) mass is 260 g/mol. The van der Waals surface area contributed by atoms with Crippen molar-refractivity contribution in [2.24, 2.45) is 5.92 Å². The van der Waals surface area contributed by atoms with Crippen LogP contribution < -0.4 is 10.2 Å². The lowest BCUT2D eigenvalue weighted by molar-refractivity contribution is 0.492. The zero-order valence-corrected chi connectivity index (χ0v) is 12.8. The Hall–Kier alpha value is -1.02. The maximum absolute atomic E-state index is 3.37. The first-order valence-electron chi connectivity index (χ1n) is 7.71. The third-order valence-electron chi connectivity index (χ3n) is 4.45. The van der Waals surface area contributed by atoms with E-state index < -0.39 is 0 Å². The Morgan fingerprint density at radius 2 is 1.95 bits per heavy atom. The van der Waals surface area contributed by atoms with Gasteiger partial charge in [-0.25, -0.2) is 0 Å². The molecule has 1 saturated heterocycles. The number of benzene rings is 1. The molecule has 2 unspecified atom stereocenters. The van der Waals surface area contributed by atoms with E-state index in [-0.39, 0.29) is 0 Å². The summed E-state index contributed by atoms with van der Waals surface area (Å²) in [5, 5.41) is 3.37. The zero-order chi connectivity index (χ0) is 13.8. The van der Waals surface area contributed by atoms with Crippen molar-refractivity contribution in [3.8, 4) is 0 Å². The minimum Gasteiger partial charge on any atom is -0.368 e. The van der Waals surface area contributed by atoms with Gasteiger partial charge in [0.2, 0.25) is 0 Å². The molecular weight excluding hydrogens is 232 g/mol. The highest BCUT2D eigenvalue weighted by atomic mass is 15.2. The van der Waals surface area contributed by atoms with E-state index in [0.29, 0.717) is 6.04 Å². The molecule has 2 atom stereocenters. The summed E-state index contributed by atoms with van der Waals surface area (Å²) in [6.45, 7) is 8.12. The molecule has 0 saturated carbocycles. The summed E-state index contributed by atoms with van der Waals surface area (Å²) in [5.41, 5.74) is 2.79. The van der Waals surface area contributed by atoms with E-state index in [1.54, 1.807) is 0 Å². The molecule has 106 valence electrons. The summed E-state index contributed by atoms with van der Waals surface area (Å²) in [5.74, 6) is 0.739. The molecule has 2 heteroatoms. The predicted octanol–water partition coefficient (Wildman–Crippen LogP) is 3.98. The highest BCUT2D eigenvalue weighted by Gasteiger charge is 2.27. The summed E-state index contributed by atoms with van der Waals surface area (Å²) in [7, 11) is 2.04. The van der Waals surface area contributed by atoms with Gasteiger partial charge in [0.15, 0.2) is 0 Å². The first-order chi connectivity index (χ1) is 9.17. The largest absolute Gasteiger partial charge is 0.368 e. The Labute approximate surface area is 118 Å². The van der Waals surface area contributed by atoms with Gasteiger partial charge >= 0.3 is 0 Å². The molecule has 1 aromatic carbocycles. The Balaban J connectivity index is 2.14. The van der Waals surface area contributed by atoms with Gasteiger partial charge in [-0.15, -0.1) is 0 Å². The number of hydrogen-bond acceptors (Lipinski definition) is 2. The molecule has 0 radical (unpaired) electrons.